The lowest BCUT2D eigenvalue weighted by Gasteiger charge is -2.21. The second-order valence-electron chi connectivity index (χ2n) is 6.86. The van der Waals surface area contributed by atoms with E-state index in [-0.39, 0.29) is 18.1 Å². The van der Waals surface area contributed by atoms with Gasteiger partial charge in [-0.2, -0.15) is 0 Å². The second kappa shape index (κ2) is 11.1. The number of allylic oxidation sites excluding steroid dienone is 4. The van der Waals surface area contributed by atoms with Crippen LogP contribution in [0.3, 0.4) is 0 Å². The van der Waals surface area contributed by atoms with Crippen LogP contribution in [0, 0.1) is 0 Å². The Morgan fingerprint density at radius 3 is 2.43 bits per heavy atom. The third-order valence-electron chi connectivity index (χ3n) is 4.31. The van der Waals surface area contributed by atoms with Crippen LogP contribution in [0.15, 0.2) is 72.3 Å². The number of hydrogen-bond donors (Lipinski definition) is 2. The van der Waals surface area contributed by atoms with E-state index >= 15 is 0 Å². The van der Waals surface area contributed by atoms with Gasteiger partial charge in [-0.05, 0) is 36.8 Å². The summed E-state index contributed by atoms with van der Waals surface area (Å²) in [6.07, 6.45) is 4.57. The van der Waals surface area contributed by atoms with Gasteiger partial charge in [-0.3, -0.25) is 9.59 Å². The molecule has 7 heteroatoms. The Labute approximate surface area is 185 Å². The number of carbonyl (C=O) groups is 2. The van der Waals surface area contributed by atoms with E-state index in [0.717, 1.165) is 10.6 Å². The maximum Gasteiger partial charge on any atom is 0.239 e. The highest BCUT2D eigenvalue weighted by atomic mass is 35.5. The minimum atomic E-state index is -1.53. The van der Waals surface area contributed by atoms with Crippen molar-refractivity contribution >= 4 is 40.6 Å². The predicted octanol–water partition coefficient (Wildman–Crippen LogP) is 5.46. The summed E-state index contributed by atoms with van der Waals surface area (Å²) >= 11 is 11.2. The first kappa shape index (κ1) is 23.8. The molecule has 4 nitrogen and oxygen atoms in total. The van der Waals surface area contributed by atoms with E-state index in [4.69, 9.17) is 28.9 Å². The number of benzene rings is 2. The van der Waals surface area contributed by atoms with Crippen LogP contribution in [-0.4, -0.2) is 23.2 Å². The van der Waals surface area contributed by atoms with Gasteiger partial charge < -0.3 is 11.1 Å². The SMILES string of the molecule is CC1(F)C=CC=C(C(=O)c2ccccc2NC(=O)CCl)C1.NCc1ccccc1Cl. The molecule has 0 radical (unpaired) electrons. The van der Waals surface area contributed by atoms with Crippen molar-refractivity contribution in [1.29, 1.82) is 0 Å². The standard InChI is InChI=1S/C16H15ClFNO2.C7H8ClN/c1-16(18)8-4-5-11(9-16)15(21)12-6-2-3-7-13(12)19-14(20)10-17;8-7-4-2-1-3-6(7)5-9/h2-8H,9-10H2,1H3,(H,19,20);1-4H,5,9H2. The molecule has 0 aromatic heterocycles. The molecule has 1 unspecified atom stereocenters. The topological polar surface area (TPSA) is 72.2 Å². The van der Waals surface area contributed by atoms with Gasteiger partial charge in [0.25, 0.3) is 0 Å². The molecule has 0 heterocycles. The molecule has 0 saturated heterocycles. The van der Waals surface area contributed by atoms with Gasteiger partial charge in [0.15, 0.2) is 5.78 Å². The molecular weight excluding hydrogens is 426 g/mol. The van der Waals surface area contributed by atoms with Crippen LogP contribution in [0.2, 0.25) is 5.02 Å². The number of anilines is 1. The van der Waals surface area contributed by atoms with Crippen LogP contribution in [-0.2, 0) is 11.3 Å². The van der Waals surface area contributed by atoms with Crippen LogP contribution >= 0.6 is 23.2 Å². The summed E-state index contributed by atoms with van der Waals surface area (Å²) in [5, 5.41) is 3.32. The lowest BCUT2D eigenvalue weighted by atomic mass is 9.88. The molecule has 0 bridgehead atoms. The first-order valence-electron chi connectivity index (χ1n) is 9.27. The van der Waals surface area contributed by atoms with Crippen molar-refractivity contribution in [2.24, 2.45) is 5.73 Å². The molecule has 0 spiro atoms. The summed E-state index contributed by atoms with van der Waals surface area (Å²) in [7, 11) is 0. The minimum Gasteiger partial charge on any atom is -0.326 e. The normalized spacial score (nSPS) is 17.4. The lowest BCUT2D eigenvalue weighted by molar-refractivity contribution is -0.113. The maximum atomic E-state index is 14.0. The van der Waals surface area contributed by atoms with Crippen molar-refractivity contribution < 1.29 is 14.0 Å². The fourth-order valence-electron chi connectivity index (χ4n) is 2.82. The number of hydrogen-bond acceptors (Lipinski definition) is 3. The molecule has 3 rings (SSSR count). The van der Waals surface area contributed by atoms with Crippen molar-refractivity contribution in [2.75, 3.05) is 11.2 Å². The summed E-state index contributed by atoms with van der Waals surface area (Å²) in [4.78, 5) is 23.9. The first-order valence-corrected chi connectivity index (χ1v) is 10.2. The highest BCUT2D eigenvalue weighted by molar-refractivity contribution is 6.31. The molecular formula is C23H23Cl2FN2O2. The van der Waals surface area contributed by atoms with Gasteiger partial charge in [0.1, 0.15) is 11.5 Å². The zero-order chi connectivity index (χ0) is 22.1. The van der Waals surface area contributed by atoms with Gasteiger partial charge in [-0.15, -0.1) is 11.6 Å². The quantitative estimate of drug-likeness (QED) is 0.471. The summed E-state index contributed by atoms with van der Waals surface area (Å²) in [5.41, 5.74) is 5.91. The molecule has 1 atom stereocenters. The smallest absolute Gasteiger partial charge is 0.239 e. The van der Waals surface area contributed by atoms with Crippen molar-refractivity contribution in [3.63, 3.8) is 0 Å². The van der Waals surface area contributed by atoms with Gasteiger partial charge in [0.2, 0.25) is 5.91 Å². The van der Waals surface area contributed by atoms with Crippen LogP contribution in [0.5, 0.6) is 0 Å². The Bertz CT molecular complexity index is 971. The van der Waals surface area contributed by atoms with Gasteiger partial charge in [0, 0.05) is 29.1 Å². The molecule has 158 valence electrons. The summed E-state index contributed by atoms with van der Waals surface area (Å²) in [5.74, 6) is -0.894. The maximum absolute atomic E-state index is 14.0. The highest BCUT2D eigenvalue weighted by Gasteiger charge is 2.28. The molecule has 0 saturated carbocycles. The van der Waals surface area contributed by atoms with Crippen LogP contribution < -0.4 is 11.1 Å². The van der Waals surface area contributed by atoms with Crippen molar-refractivity contribution in [2.45, 2.75) is 25.6 Å². The van der Waals surface area contributed by atoms with Crippen LogP contribution in [0.1, 0.15) is 29.3 Å². The predicted molar refractivity (Wildman–Crippen MR) is 121 cm³/mol. The average molecular weight is 449 g/mol. The van der Waals surface area contributed by atoms with E-state index in [1.165, 1.54) is 19.1 Å². The number of alkyl halides is 2. The van der Waals surface area contributed by atoms with Crippen molar-refractivity contribution in [3.8, 4) is 0 Å². The molecule has 1 aliphatic rings. The van der Waals surface area contributed by atoms with E-state index in [1.54, 1.807) is 30.3 Å². The Balaban J connectivity index is 0.000000297. The number of carbonyl (C=O) groups excluding carboxylic acids is 2. The van der Waals surface area contributed by atoms with Gasteiger partial charge in [-0.25, -0.2) is 4.39 Å². The zero-order valence-corrected chi connectivity index (χ0v) is 18.0. The summed E-state index contributed by atoms with van der Waals surface area (Å²) in [6.45, 7) is 1.94. The summed E-state index contributed by atoms with van der Waals surface area (Å²) < 4.78 is 14.0. The number of amides is 1. The van der Waals surface area contributed by atoms with E-state index in [1.807, 2.05) is 24.3 Å². The minimum absolute atomic E-state index is 0.0140. The third kappa shape index (κ3) is 6.80. The third-order valence-corrected chi connectivity index (χ3v) is 4.93. The Morgan fingerprint density at radius 2 is 1.83 bits per heavy atom. The molecule has 30 heavy (non-hydrogen) atoms. The Morgan fingerprint density at radius 1 is 1.17 bits per heavy atom. The largest absolute Gasteiger partial charge is 0.326 e. The molecule has 0 aliphatic heterocycles. The Kier molecular flexibility index (Phi) is 8.78. The number of para-hydroxylation sites is 1. The monoisotopic (exact) mass is 448 g/mol. The van der Waals surface area contributed by atoms with Gasteiger partial charge >= 0.3 is 0 Å². The van der Waals surface area contributed by atoms with Gasteiger partial charge in [0.05, 0.1) is 5.69 Å². The molecule has 1 aliphatic carbocycles. The number of halogens is 3. The number of nitrogens with two attached hydrogens (primary N) is 1. The Hall–Kier alpha value is -2.47. The average Bonchev–Trinajstić information content (AvgIpc) is 2.73. The molecule has 3 N–H and O–H groups in total. The lowest BCUT2D eigenvalue weighted by Crippen LogP contribution is -2.22. The molecule has 0 fully saturated rings. The fraction of sp³-hybridized carbons (Fsp3) is 0.217. The molecule has 1 amide bonds. The second-order valence-corrected chi connectivity index (χ2v) is 7.53. The van der Waals surface area contributed by atoms with E-state index in [0.29, 0.717) is 23.4 Å². The number of nitrogens with one attached hydrogen (secondary N) is 1. The molecule has 2 aromatic rings. The van der Waals surface area contributed by atoms with Crippen LogP contribution in [0.4, 0.5) is 10.1 Å². The van der Waals surface area contributed by atoms with Crippen LogP contribution in [0.25, 0.3) is 0 Å². The number of Topliss-reactive ketones (excluding diaryl/α,β-unsaturated/α-hetero) is 1. The van der Waals surface area contributed by atoms with Gasteiger partial charge in [-0.1, -0.05) is 54.1 Å². The zero-order valence-electron chi connectivity index (χ0n) is 16.5. The number of ketones is 1. The van der Waals surface area contributed by atoms with Crippen molar-refractivity contribution in [3.05, 3.63) is 88.5 Å². The van der Waals surface area contributed by atoms with E-state index in [9.17, 15) is 14.0 Å². The van der Waals surface area contributed by atoms with E-state index in [2.05, 4.69) is 5.32 Å². The van der Waals surface area contributed by atoms with E-state index < -0.39 is 11.6 Å². The highest BCUT2D eigenvalue weighted by Crippen LogP contribution is 2.30. The van der Waals surface area contributed by atoms with Crippen molar-refractivity contribution in [1.82, 2.24) is 0 Å². The fourth-order valence-corrected chi connectivity index (χ4v) is 3.10. The molecule has 2 aromatic carbocycles. The summed E-state index contributed by atoms with van der Waals surface area (Å²) in [6, 6.07) is 14.2. The first-order chi connectivity index (χ1) is 14.3. The number of rotatable bonds is 5.